The molecule has 0 atom stereocenters. The Hall–Kier alpha value is -1.45. The first kappa shape index (κ1) is 9.64. The summed E-state index contributed by atoms with van der Waals surface area (Å²) in [7, 11) is 0. The number of hydrogen-bond donors (Lipinski definition) is 3. The van der Waals surface area contributed by atoms with Crippen LogP contribution in [-0.4, -0.2) is 22.5 Å². The number of carbonyl (C=O) groups excluding carboxylic acids is 1. The summed E-state index contributed by atoms with van der Waals surface area (Å²) < 4.78 is 0. The van der Waals surface area contributed by atoms with Gasteiger partial charge in [-0.3, -0.25) is 4.79 Å². The van der Waals surface area contributed by atoms with Gasteiger partial charge in [0, 0.05) is 18.8 Å². The maximum atomic E-state index is 11.3. The molecule has 3 N–H and O–H groups in total. The quantitative estimate of drug-likeness (QED) is 0.613. The molecule has 4 nitrogen and oxygen atoms in total. The zero-order chi connectivity index (χ0) is 9.68. The average molecular weight is 182 g/mol. The summed E-state index contributed by atoms with van der Waals surface area (Å²) in [6.07, 6.45) is 3.41. The van der Waals surface area contributed by atoms with E-state index in [9.17, 15) is 4.79 Å². The minimum Gasteiger partial charge on any atom is -0.506 e. The molecule has 4 heteroatoms. The Morgan fingerprint density at radius 2 is 2.46 bits per heavy atom. The third-order valence-corrected chi connectivity index (χ3v) is 1.73. The van der Waals surface area contributed by atoms with Crippen LogP contribution in [0.3, 0.4) is 0 Å². The Kier molecular flexibility index (Phi) is 3.37. The highest BCUT2D eigenvalue weighted by Crippen LogP contribution is 2.08. The molecule has 0 saturated carbocycles. The van der Waals surface area contributed by atoms with Crippen molar-refractivity contribution in [3.8, 4) is 5.75 Å². The van der Waals surface area contributed by atoms with Gasteiger partial charge < -0.3 is 15.4 Å². The molecule has 0 unspecified atom stereocenters. The van der Waals surface area contributed by atoms with E-state index in [4.69, 9.17) is 5.11 Å². The zero-order valence-corrected chi connectivity index (χ0v) is 7.63. The summed E-state index contributed by atoms with van der Waals surface area (Å²) in [5, 5.41) is 11.7. The van der Waals surface area contributed by atoms with Crippen molar-refractivity contribution in [3.05, 3.63) is 18.0 Å². The van der Waals surface area contributed by atoms with Crippen LogP contribution in [0.1, 0.15) is 30.3 Å². The van der Waals surface area contributed by atoms with Gasteiger partial charge in [0.15, 0.2) is 0 Å². The fourth-order valence-electron chi connectivity index (χ4n) is 0.988. The number of aromatic nitrogens is 1. The molecule has 0 bridgehead atoms. The smallest absolute Gasteiger partial charge is 0.267 e. The highest BCUT2D eigenvalue weighted by molar-refractivity contribution is 5.92. The van der Waals surface area contributed by atoms with Crippen LogP contribution in [-0.2, 0) is 0 Å². The third kappa shape index (κ3) is 2.82. The van der Waals surface area contributed by atoms with Crippen molar-refractivity contribution >= 4 is 5.91 Å². The molecule has 0 spiro atoms. The highest BCUT2D eigenvalue weighted by atomic mass is 16.3. The minimum atomic E-state index is -0.172. The predicted molar refractivity (Wildman–Crippen MR) is 49.7 cm³/mol. The Labute approximate surface area is 77.0 Å². The van der Waals surface area contributed by atoms with Crippen LogP contribution in [0.15, 0.2) is 12.3 Å². The molecular formula is C9H14N2O2. The molecule has 0 aliphatic carbocycles. The van der Waals surface area contributed by atoms with Gasteiger partial charge in [0.2, 0.25) is 0 Å². The Morgan fingerprint density at radius 1 is 1.69 bits per heavy atom. The van der Waals surface area contributed by atoms with E-state index in [1.165, 1.54) is 12.3 Å². The van der Waals surface area contributed by atoms with Crippen LogP contribution in [0.5, 0.6) is 5.75 Å². The number of nitrogens with one attached hydrogen (secondary N) is 2. The average Bonchev–Trinajstić information content (AvgIpc) is 2.52. The fraction of sp³-hybridized carbons (Fsp3) is 0.444. The molecule has 0 aliphatic heterocycles. The number of amides is 1. The van der Waals surface area contributed by atoms with Crippen molar-refractivity contribution < 1.29 is 9.90 Å². The van der Waals surface area contributed by atoms with Crippen LogP contribution in [0.2, 0.25) is 0 Å². The van der Waals surface area contributed by atoms with Gasteiger partial charge in [0.25, 0.3) is 5.91 Å². The highest BCUT2D eigenvalue weighted by Gasteiger charge is 2.06. The summed E-state index contributed by atoms with van der Waals surface area (Å²) in [6, 6.07) is 1.40. The first-order valence-electron chi connectivity index (χ1n) is 4.39. The van der Waals surface area contributed by atoms with Gasteiger partial charge in [-0.2, -0.15) is 0 Å². The number of carbonyl (C=O) groups is 1. The summed E-state index contributed by atoms with van der Waals surface area (Å²) >= 11 is 0. The van der Waals surface area contributed by atoms with Crippen molar-refractivity contribution in [2.75, 3.05) is 6.54 Å². The number of rotatable bonds is 4. The topological polar surface area (TPSA) is 65.1 Å². The molecule has 0 fully saturated rings. The molecule has 0 aliphatic rings. The molecule has 13 heavy (non-hydrogen) atoms. The Bertz CT molecular complexity index is 281. The minimum absolute atomic E-state index is 0.0839. The number of H-pyrrole nitrogens is 1. The lowest BCUT2D eigenvalue weighted by molar-refractivity contribution is 0.0948. The normalized spacial score (nSPS) is 9.92. The van der Waals surface area contributed by atoms with E-state index in [1.807, 2.05) is 0 Å². The van der Waals surface area contributed by atoms with Crippen LogP contribution in [0, 0.1) is 0 Å². The lowest BCUT2D eigenvalue weighted by Gasteiger charge is -2.00. The van der Waals surface area contributed by atoms with E-state index in [1.54, 1.807) is 0 Å². The number of hydrogen-bond acceptors (Lipinski definition) is 2. The van der Waals surface area contributed by atoms with Gasteiger partial charge in [0.05, 0.1) is 0 Å². The third-order valence-electron chi connectivity index (χ3n) is 1.73. The fourth-order valence-corrected chi connectivity index (χ4v) is 0.988. The maximum absolute atomic E-state index is 11.3. The Balaban J connectivity index is 2.40. The SMILES string of the molecule is CCCCNC(=O)c1cc(O)c[nH]1. The second-order valence-electron chi connectivity index (χ2n) is 2.88. The second-order valence-corrected chi connectivity index (χ2v) is 2.88. The molecule has 1 aromatic heterocycles. The standard InChI is InChI=1S/C9H14N2O2/c1-2-3-4-10-9(13)8-5-7(12)6-11-8/h5-6,11-12H,2-4H2,1H3,(H,10,13). The van der Waals surface area contributed by atoms with Gasteiger partial charge in [-0.15, -0.1) is 0 Å². The molecule has 1 aromatic rings. The van der Waals surface area contributed by atoms with Gasteiger partial charge in [0.1, 0.15) is 11.4 Å². The van der Waals surface area contributed by atoms with Crippen LogP contribution in [0.4, 0.5) is 0 Å². The zero-order valence-electron chi connectivity index (χ0n) is 7.63. The van der Waals surface area contributed by atoms with Crippen molar-refractivity contribution in [2.24, 2.45) is 0 Å². The molecule has 72 valence electrons. The van der Waals surface area contributed by atoms with Crippen LogP contribution < -0.4 is 5.32 Å². The molecule has 0 radical (unpaired) electrons. The summed E-state index contributed by atoms with van der Waals surface area (Å²) in [4.78, 5) is 13.9. The van der Waals surface area contributed by atoms with Crippen molar-refractivity contribution in [1.29, 1.82) is 0 Å². The predicted octanol–water partition coefficient (Wildman–Crippen LogP) is 1.25. The first-order valence-corrected chi connectivity index (χ1v) is 4.39. The van der Waals surface area contributed by atoms with Crippen molar-refractivity contribution in [2.45, 2.75) is 19.8 Å². The van der Waals surface area contributed by atoms with E-state index < -0.39 is 0 Å². The lowest BCUT2D eigenvalue weighted by Crippen LogP contribution is -2.24. The second kappa shape index (κ2) is 4.54. The van der Waals surface area contributed by atoms with Crippen molar-refractivity contribution in [3.63, 3.8) is 0 Å². The Morgan fingerprint density at radius 3 is 3.00 bits per heavy atom. The van der Waals surface area contributed by atoms with E-state index in [-0.39, 0.29) is 11.7 Å². The number of aromatic hydroxyl groups is 1. The van der Waals surface area contributed by atoms with E-state index in [0.717, 1.165) is 12.8 Å². The molecule has 1 amide bonds. The van der Waals surface area contributed by atoms with E-state index >= 15 is 0 Å². The van der Waals surface area contributed by atoms with Crippen LogP contribution >= 0.6 is 0 Å². The van der Waals surface area contributed by atoms with E-state index in [2.05, 4.69) is 17.2 Å². The largest absolute Gasteiger partial charge is 0.506 e. The molecule has 0 aromatic carbocycles. The summed E-state index contributed by atoms with van der Waals surface area (Å²) in [5.41, 5.74) is 0.397. The molecule has 1 rings (SSSR count). The number of unbranched alkanes of at least 4 members (excludes halogenated alkanes) is 1. The summed E-state index contributed by atoms with van der Waals surface area (Å²) in [5.74, 6) is -0.0885. The monoisotopic (exact) mass is 182 g/mol. The van der Waals surface area contributed by atoms with Crippen molar-refractivity contribution in [1.82, 2.24) is 10.3 Å². The van der Waals surface area contributed by atoms with Crippen LogP contribution in [0.25, 0.3) is 0 Å². The first-order chi connectivity index (χ1) is 6.24. The number of aromatic amines is 1. The van der Waals surface area contributed by atoms with Gasteiger partial charge in [-0.1, -0.05) is 13.3 Å². The van der Waals surface area contributed by atoms with Gasteiger partial charge >= 0.3 is 0 Å². The lowest BCUT2D eigenvalue weighted by atomic mass is 10.3. The summed E-state index contributed by atoms with van der Waals surface area (Å²) in [6.45, 7) is 2.74. The van der Waals surface area contributed by atoms with E-state index in [0.29, 0.717) is 12.2 Å². The molecular weight excluding hydrogens is 168 g/mol. The van der Waals surface area contributed by atoms with Gasteiger partial charge in [-0.05, 0) is 6.42 Å². The molecule has 0 saturated heterocycles. The van der Waals surface area contributed by atoms with Gasteiger partial charge in [-0.25, -0.2) is 0 Å². The molecule has 1 heterocycles. The maximum Gasteiger partial charge on any atom is 0.267 e.